The Labute approximate surface area is 139 Å². The lowest BCUT2D eigenvalue weighted by molar-refractivity contribution is 0.0938. The molecule has 1 heterocycles. The number of hydrogen-bond acceptors (Lipinski definition) is 5. The van der Waals surface area contributed by atoms with Gasteiger partial charge >= 0.3 is 0 Å². The number of amides is 2. The van der Waals surface area contributed by atoms with E-state index in [0.29, 0.717) is 0 Å². The number of nitrogens with one attached hydrogen (secondary N) is 2. The third-order valence-corrected chi connectivity index (χ3v) is 4.08. The van der Waals surface area contributed by atoms with Gasteiger partial charge < -0.3 is 16.4 Å². The largest absolute Gasteiger partial charge is 0.395 e. The SMILES string of the molecule is CC(C)NC(=O)c1nsc(C(=O)N[C@@H](C)c2ccccc2)c1N. The molecule has 0 saturated carbocycles. The van der Waals surface area contributed by atoms with Gasteiger partial charge in [-0.3, -0.25) is 9.59 Å². The molecule has 0 bridgehead atoms. The van der Waals surface area contributed by atoms with Gasteiger partial charge in [-0.1, -0.05) is 30.3 Å². The van der Waals surface area contributed by atoms with Gasteiger partial charge in [0.25, 0.3) is 11.8 Å². The van der Waals surface area contributed by atoms with Crippen molar-refractivity contribution >= 4 is 29.0 Å². The van der Waals surface area contributed by atoms with E-state index in [0.717, 1.165) is 17.1 Å². The highest BCUT2D eigenvalue weighted by molar-refractivity contribution is 7.09. The maximum Gasteiger partial charge on any atom is 0.273 e. The average Bonchev–Trinajstić information content (AvgIpc) is 2.89. The summed E-state index contributed by atoms with van der Waals surface area (Å²) in [6.07, 6.45) is 0. The fraction of sp³-hybridized carbons (Fsp3) is 0.312. The van der Waals surface area contributed by atoms with Crippen molar-refractivity contribution in [3.8, 4) is 0 Å². The van der Waals surface area contributed by atoms with Gasteiger partial charge in [0.1, 0.15) is 4.88 Å². The van der Waals surface area contributed by atoms with Crippen LogP contribution in [0.4, 0.5) is 5.69 Å². The molecule has 1 aromatic heterocycles. The highest BCUT2D eigenvalue weighted by atomic mass is 32.1. The Morgan fingerprint density at radius 1 is 1.09 bits per heavy atom. The second-order valence-corrected chi connectivity index (χ2v) is 6.28. The Bertz CT molecular complexity index is 697. The van der Waals surface area contributed by atoms with Crippen molar-refractivity contribution in [2.24, 2.45) is 0 Å². The predicted molar refractivity (Wildman–Crippen MR) is 91.5 cm³/mol. The van der Waals surface area contributed by atoms with Gasteiger partial charge in [-0.2, -0.15) is 4.37 Å². The van der Waals surface area contributed by atoms with Crippen molar-refractivity contribution in [3.63, 3.8) is 0 Å². The van der Waals surface area contributed by atoms with Crippen LogP contribution in [-0.2, 0) is 0 Å². The lowest BCUT2D eigenvalue weighted by Gasteiger charge is -2.13. The van der Waals surface area contributed by atoms with Crippen LogP contribution in [0, 0.1) is 0 Å². The smallest absolute Gasteiger partial charge is 0.273 e. The third-order valence-electron chi connectivity index (χ3n) is 3.22. The van der Waals surface area contributed by atoms with Gasteiger partial charge in [0.2, 0.25) is 0 Å². The number of carbonyl (C=O) groups is 2. The summed E-state index contributed by atoms with van der Waals surface area (Å²) in [6.45, 7) is 5.57. The van der Waals surface area contributed by atoms with Gasteiger partial charge in [0, 0.05) is 6.04 Å². The highest BCUT2D eigenvalue weighted by Crippen LogP contribution is 2.23. The van der Waals surface area contributed by atoms with Crippen molar-refractivity contribution in [3.05, 3.63) is 46.5 Å². The van der Waals surface area contributed by atoms with E-state index < -0.39 is 0 Å². The van der Waals surface area contributed by atoms with Crippen molar-refractivity contribution in [1.82, 2.24) is 15.0 Å². The van der Waals surface area contributed by atoms with Crippen LogP contribution in [0.3, 0.4) is 0 Å². The zero-order valence-electron chi connectivity index (χ0n) is 13.3. The molecule has 0 aliphatic heterocycles. The summed E-state index contributed by atoms with van der Waals surface area (Å²) in [5.41, 5.74) is 7.12. The maximum atomic E-state index is 12.4. The Balaban J connectivity index is 2.11. The first kappa shape index (κ1) is 17.0. The van der Waals surface area contributed by atoms with E-state index in [-0.39, 0.29) is 40.2 Å². The van der Waals surface area contributed by atoms with Crippen LogP contribution < -0.4 is 16.4 Å². The first-order valence-electron chi connectivity index (χ1n) is 7.32. The first-order chi connectivity index (χ1) is 10.9. The molecule has 7 heteroatoms. The summed E-state index contributed by atoms with van der Waals surface area (Å²) in [6, 6.07) is 9.40. The monoisotopic (exact) mass is 332 g/mol. The number of rotatable bonds is 5. The predicted octanol–water partition coefficient (Wildman–Crippen LogP) is 2.35. The molecule has 0 spiro atoms. The standard InChI is InChI=1S/C16H20N4O2S/c1-9(2)18-15(21)13-12(17)14(23-20-13)16(22)19-10(3)11-7-5-4-6-8-11/h4-10H,17H2,1-3H3,(H,18,21)(H,19,22)/t10-/m0/s1. The van der Waals surface area contributed by atoms with Crippen LogP contribution in [0.5, 0.6) is 0 Å². The molecule has 0 aliphatic carbocycles. The molecule has 6 nitrogen and oxygen atoms in total. The number of carbonyl (C=O) groups excluding carboxylic acids is 2. The fourth-order valence-corrected chi connectivity index (χ4v) is 2.74. The number of aromatic nitrogens is 1. The average molecular weight is 332 g/mol. The Hall–Kier alpha value is -2.41. The zero-order valence-corrected chi connectivity index (χ0v) is 14.1. The number of nitrogens with zero attached hydrogens (tertiary/aromatic N) is 1. The number of anilines is 1. The molecule has 23 heavy (non-hydrogen) atoms. The molecule has 0 fully saturated rings. The topological polar surface area (TPSA) is 97.1 Å². The third kappa shape index (κ3) is 4.07. The highest BCUT2D eigenvalue weighted by Gasteiger charge is 2.23. The van der Waals surface area contributed by atoms with Gasteiger partial charge in [-0.25, -0.2) is 0 Å². The molecular formula is C16H20N4O2S. The molecule has 2 amide bonds. The van der Waals surface area contributed by atoms with E-state index in [2.05, 4.69) is 15.0 Å². The normalized spacial score (nSPS) is 12.0. The van der Waals surface area contributed by atoms with Gasteiger partial charge in [0.05, 0.1) is 11.7 Å². The molecule has 0 saturated heterocycles. The van der Waals surface area contributed by atoms with Crippen LogP contribution in [0.1, 0.15) is 52.5 Å². The van der Waals surface area contributed by atoms with E-state index >= 15 is 0 Å². The minimum Gasteiger partial charge on any atom is -0.395 e. The fourth-order valence-electron chi connectivity index (χ4n) is 2.04. The summed E-state index contributed by atoms with van der Waals surface area (Å²) < 4.78 is 4.01. The molecule has 0 unspecified atom stereocenters. The summed E-state index contributed by atoms with van der Waals surface area (Å²) in [7, 11) is 0. The number of nitrogen functional groups attached to an aromatic ring is 1. The minimum atomic E-state index is -0.371. The molecule has 0 aliphatic rings. The quantitative estimate of drug-likeness (QED) is 0.783. The Kier molecular flexibility index (Phi) is 5.33. The maximum absolute atomic E-state index is 12.4. The van der Waals surface area contributed by atoms with Crippen LogP contribution >= 0.6 is 11.5 Å². The lowest BCUT2D eigenvalue weighted by Crippen LogP contribution is -2.31. The second-order valence-electron chi connectivity index (χ2n) is 5.51. The van der Waals surface area contributed by atoms with Crippen molar-refractivity contribution in [1.29, 1.82) is 0 Å². The van der Waals surface area contributed by atoms with Gasteiger partial charge in [-0.15, -0.1) is 0 Å². The van der Waals surface area contributed by atoms with Gasteiger partial charge in [-0.05, 0) is 37.9 Å². The molecule has 1 aromatic carbocycles. The number of hydrogen-bond donors (Lipinski definition) is 3. The summed E-state index contributed by atoms with van der Waals surface area (Å²) in [4.78, 5) is 24.6. The molecule has 4 N–H and O–H groups in total. The van der Waals surface area contributed by atoms with Crippen LogP contribution in [0.15, 0.2) is 30.3 Å². The number of nitrogens with two attached hydrogens (primary N) is 1. The lowest BCUT2D eigenvalue weighted by atomic mass is 10.1. The Morgan fingerprint density at radius 2 is 1.74 bits per heavy atom. The molecule has 2 rings (SSSR count). The van der Waals surface area contributed by atoms with Crippen molar-refractivity contribution in [2.45, 2.75) is 32.9 Å². The summed E-state index contributed by atoms with van der Waals surface area (Å²) in [5, 5.41) is 5.58. The minimum absolute atomic E-state index is 0.0287. The Morgan fingerprint density at radius 3 is 2.35 bits per heavy atom. The summed E-state index contributed by atoms with van der Waals surface area (Å²) in [5.74, 6) is -0.705. The van der Waals surface area contributed by atoms with Gasteiger partial charge in [0.15, 0.2) is 5.69 Å². The molecule has 0 radical (unpaired) electrons. The molecule has 2 aromatic rings. The van der Waals surface area contributed by atoms with Crippen molar-refractivity contribution in [2.75, 3.05) is 5.73 Å². The van der Waals surface area contributed by atoms with Crippen LogP contribution in [-0.4, -0.2) is 22.2 Å². The van der Waals surface area contributed by atoms with E-state index in [1.807, 2.05) is 51.1 Å². The van der Waals surface area contributed by atoms with E-state index in [1.165, 1.54) is 0 Å². The molecular weight excluding hydrogens is 312 g/mol. The van der Waals surface area contributed by atoms with Crippen LogP contribution in [0.2, 0.25) is 0 Å². The molecule has 122 valence electrons. The first-order valence-corrected chi connectivity index (χ1v) is 8.09. The van der Waals surface area contributed by atoms with E-state index in [9.17, 15) is 9.59 Å². The van der Waals surface area contributed by atoms with E-state index in [1.54, 1.807) is 0 Å². The molecule has 1 atom stereocenters. The van der Waals surface area contributed by atoms with E-state index in [4.69, 9.17) is 5.73 Å². The van der Waals surface area contributed by atoms with Crippen molar-refractivity contribution < 1.29 is 9.59 Å². The number of benzene rings is 1. The van der Waals surface area contributed by atoms with Crippen LogP contribution in [0.25, 0.3) is 0 Å². The summed E-state index contributed by atoms with van der Waals surface area (Å²) >= 11 is 0.929. The second kappa shape index (κ2) is 7.23. The zero-order chi connectivity index (χ0) is 17.0.